The van der Waals surface area contributed by atoms with E-state index in [1.165, 1.54) is 6.07 Å². The van der Waals surface area contributed by atoms with Crippen molar-refractivity contribution in [2.75, 3.05) is 0 Å². The number of aliphatic carboxylic acids is 1. The summed E-state index contributed by atoms with van der Waals surface area (Å²) in [6.07, 6.45) is 1.33. The molecule has 0 heterocycles. The van der Waals surface area contributed by atoms with Crippen LogP contribution >= 0.6 is 0 Å². The third-order valence-corrected chi connectivity index (χ3v) is 5.89. The van der Waals surface area contributed by atoms with Gasteiger partial charge in [0, 0.05) is 0 Å². The van der Waals surface area contributed by atoms with Crippen LogP contribution in [0, 0.1) is 19.8 Å². The summed E-state index contributed by atoms with van der Waals surface area (Å²) in [7, 11) is -3.86. The molecule has 2 unspecified atom stereocenters. The van der Waals surface area contributed by atoms with Gasteiger partial charge in [-0.2, -0.15) is 0 Å². The van der Waals surface area contributed by atoms with Gasteiger partial charge in [-0.1, -0.05) is 26.3 Å². The first-order valence-corrected chi connectivity index (χ1v) is 8.30. The van der Waals surface area contributed by atoms with Crippen molar-refractivity contribution in [3.8, 4) is 0 Å². The quantitative estimate of drug-likeness (QED) is 0.876. The van der Waals surface area contributed by atoms with Gasteiger partial charge < -0.3 is 5.11 Å². The largest absolute Gasteiger partial charge is 0.480 e. The average Bonchev–Trinajstić information content (AvgIpc) is 2.31. The van der Waals surface area contributed by atoms with Crippen LogP contribution in [0.3, 0.4) is 0 Å². The van der Waals surface area contributed by atoms with Crippen LogP contribution in [0.1, 0.15) is 37.8 Å². The molecule has 112 valence electrons. The van der Waals surface area contributed by atoms with Gasteiger partial charge in [-0.05, 0) is 49.4 Å². The minimum Gasteiger partial charge on any atom is -0.480 e. The number of hydrogen-bond donors (Lipinski definition) is 1. The van der Waals surface area contributed by atoms with E-state index >= 15 is 0 Å². The van der Waals surface area contributed by atoms with Crippen molar-refractivity contribution in [3.63, 3.8) is 0 Å². The van der Waals surface area contributed by atoms with Crippen LogP contribution in [0.5, 0.6) is 0 Å². The van der Waals surface area contributed by atoms with Gasteiger partial charge >= 0.3 is 5.97 Å². The van der Waals surface area contributed by atoms with E-state index < -0.39 is 27.0 Å². The first-order chi connectivity index (χ1) is 9.21. The second kappa shape index (κ2) is 6.39. The molecule has 2 atom stereocenters. The van der Waals surface area contributed by atoms with Crippen LogP contribution in [0.15, 0.2) is 23.1 Å². The second-order valence-corrected chi connectivity index (χ2v) is 7.39. The number of carbonyl (C=O) groups is 1. The Balaban J connectivity index is 3.29. The summed E-state index contributed by atoms with van der Waals surface area (Å²) in [4.78, 5) is 11.5. The third kappa shape index (κ3) is 3.39. The fourth-order valence-electron chi connectivity index (χ4n) is 2.33. The molecule has 0 saturated carbocycles. The fraction of sp³-hybridized carbons (Fsp3) is 0.533. The van der Waals surface area contributed by atoms with E-state index in [0.717, 1.165) is 17.5 Å². The lowest BCUT2D eigenvalue weighted by Gasteiger charge is -2.20. The molecule has 1 aromatic carbocycles. The van der Waals surface area contributed by atoms with Gasteiger partial charge in [0.1, 0.15) is 0 Å². The van der Waals surface area contributed by atoms with Crippen molar-refractivity contribution >= 4 is 15.8 Å². The Kier molecular flexibility index (Phi) is 5.34. The van der Waals surface area contributed by atoms with Gasteiger partial charge in [0.05, 0.1) is 4.90 Å². The summed E-state index contributed by atoms with van der Waals surface area (Å²) in [6, 6.07) is 4.76. The first-order valence-electron chi connectivity index (χ1n) is 6.75. The van der Waals surface area contributed by atoms with E-state index in [9.17, 15) is 18.3 Å². The van der Waals surface area contributed by atoms with E-state index in [4.69, 9.17) is 0 Å². The summed E-state index contributed by atoms with van der Waals surface area (Å²) in [5.74, 6) is -1.69. The van der Waals surface area contributed by atoms with Crippen molar-refractivity contribution in [2.45, 2.75) is 50.7 Å². The Bertz CT molecular complexity index is 590. The fourth-order valence-corrected chi connectivity index (χ4v) is 4.23. The highest BCUT2D eigenvalue weighted by Gasteiger charge is 2.38. The van der Waals surface area contributed by atoms with Crippen molar-refractivity contribution < 1.29 is 18.3 Å². The zero-order chi connectivity index (χ0) is 15.5. The summed E-state index contributed by atoms with van der Waals surface area (Å²) >= 11 is 0. The predicted octanol–water partition coefficient (Wildman–Crippen LogP) is 2.97. The van der Waals surface area contributed by atoms with Crippen LogP contribution in [0.2, 0.25) is 0 Å². The molecular weight excluding hydrogens is 276 g/mol. The van der Waals surface area contributed by atoms with Crippen LogP contribution in [0.4, 0.5) is 0 Å². The Labute approximate surface area is 120 Å². The lowest BCUT2D eigenvalue weighted by molar-refractivity contribution is -0.137. The molecule has 0 aliphatic rings. The predicted molar refractivity (Wildman–Crippen MR) is 78.6 cm³/mol. The molecule has 0 aliphatic heterocycles. The zero-order valence-corrected chi connectivity index (χ0v) is 13.2. The number of rotatable bonds is 6. The second-order valence-electron chi connectivity index (χ2n) is 5.32. The van der Waals surface area contributed by atoms with Gasteiger partial charge in [-0.25, -0.2) is 8.42 Å². The molecule has 0 amide bonds. The molecule has 0 bridgehead atoms. The molecule has 1 aromatic rings. The van der Waals surface area contributed by atoms with E-state index in [1.54, 1.807) is 19.1 Å². The lowest BCUT2D eigenvalue weighted by atomic mass is 10.0. The summed E-state index contributed by atoms with van der Waals surface area (Å²) in [5, 5.41) is 7.93. The SMILES string of the molecule is CCCC(C)C(C(=O)O)S(=O)(=O)c1ccc(C)c(C)c1. The van der Waals surface area contributed by atoms with Crippen LogP contribution in [-0.2, 0) is 14.6 Å². The molecule has 5 heteroatoms. The first kappa shape index (κ1) is 16.7. The van der Waals surface area contributed by atoms with Gasteiger partial charge in [-0.15, -0.1) is 0 Å². The van der Waals surface area contributed by atoms with Crippen molar-refractivity contribution in [2.24, 2.45) is 5.92 Å². The number of hydrogen-bond acceptors (Lipinski definition) is 3. The molecule has 0 aliphatic carbocycles. The van der Waals surface area contributed by atoms with E-state index in [2.05, 4.69) is 0 Å². The normalized spacial score (nSPS) is 14.8. The zero-order valence-electron chi connectivity index (χ0n) is 12.4. The van der Waals surface area contributed by atoms with Crippen molar-refractivity contribution in [3.05, 3.63) is 29.3 Å². The van der Waals surface area contributed by atoms with Crippen molar-refractivity contribution in [1.82, 2.24) is 0 Å². The standard InChI is InChI=1S/C15H22O4S/c1-5-6-11(3)14(15(16)17)20(18,19)13-8-7-10(2)12(4)9-13/h7-9,11,14H,5-6H2,1-4H3,(H,16,17). The molecule has 1 rings (SSSR count). The van der Waals surface area contributed by atoms with Crippen LogP contribution < -0.4 is 0 Å². The molecular formula is C15H22O4S. The molecule has 0 saturated heterocycles. The lowest BCUT2D eigenvalue weighted by Crippen LogP contribution is -2.36. The number of benzene rings is 1. The Morgan fingerprint density at radius 3 is 2.30 bits per heavy atom. The average molecular weight is 298 g/mol. The molecule has 1 N–H and O–H groups in total. The van der Waals surface area contributed by atoms with Gasteiger partial charge in [0.15, 0.2) is 15.1 Å². The Hall–Kier alpha value is -1.36. The third-order valence-electron chi connectivity index (χ3n) is 3.65. The minimum atomic E-state index is -3.86. The monoisotopic (exact) mass is 298 g/mol. The Morgan fingerprint density at radius 2 is 1.85 bits per heavy atom. The molecule has 0 radical (unpaired) electrons. The summed E-state index contributed by atoms with van der Waals surface area (Å²) in [6.45, 7) is 7.30. The van der Waals surface area contributed by atoms with E-state index in [0.29, 0.717) is 6.42 Å². The summed E-state index contributed by atoms with van der Waals surface area (Å²) in [5.41, 5.74) is 1.83. The van der Waals surface area contributed by atoms with Crippen molar-refractivity contribution in [1.29, 1.82) is 0 Å². The van der Waals surface area contributed by atoms with E-state index in [-0.39, 0.29) is 4.90 Å². The highest BCUT2D eigenvalue weighted by Crippen LogP contribution is 2.26. The number of carboxylic acid groups (broad SMARTS) is 1. The number of carboxylic acids is 1. The van der Waals surface area contributed by atoms with Gasteiger partial charge in [0.25, 0.3) is 0 Å². The highest BCUT2D eigenvalue weighted by molar-refractivity contribution is 7.92. The van der Waals surface area contributed by atoms with Gasteiger partial charge in [0.2, 0.25) is 0 Å². The smallest absolute Gasteiger partial charge is 0.322 e. The molecule has 4 nitrogen and oxygen atoms in total. The van der Waals surface area contributed by atoms with E-state index in [1.807, 2.05) is 20.8 Å². The number of aryl methyl sites for hydroxylation is 2. The molecule has 0 spiro atoms. The molecule has 0 aromatic heterocycles. The highest BCUT2D eigenvalue weighted by atomic mass is 32.2. The molecule has 0 fully saturated rings. The maximum atomic E-state index is 12.6. The van der Waals surface area contributed by atoms with Crippen LogP contribution in [-0.4, -0.2) is 24.7 Å². The maximum absolute atomic E-state index is 12.6. The Morgan fingerprint density at radius 1 is 1.25 bits per heavy atom. The maximum Gasteiger partial charge on any atom is 0.322 e. The van der Waals surface area contributed by atoms with Crippen LogP contribution in [0.25, 0.3) is 0 Å². The number of sulfone groups is 1. The summed E-state index contributed by atoms with van der Waals surface area (Å²) < 4.78 is 25.1. The van der Waals surface area contributed by atoms with Gasteiger partial charge in [-0.3, -0.25) is 4.79 Å². The minimum absolute atomic E-state index is 0.0935. The molecule has 20 heavy (non-hydrogen) atoms. The topological polar surface area (TPSA) is 71.4 Å².